The van der Waals surface area contributed by atoms with Crippen LogP contribution in [0.25, 0.3) is 0 Å². The van der Waals surface area contributed by atoms with Gasteiger partial charge in [-0.05, 0) is 25.8 Å². The third-order valence-electron chi connectivity index (χ3n) is 3.31. The predicted molar refractivity (Wildman–Crippen MR) is 57.8 cm³/mol. The number of imidazole rings is 1. The zero-order valence-electron chi connectivity index (χ0n) is 9.29. The molecule has 1 N–H and O–H groups in total. The lowest BCUT2D eigenvalue weighted by Crippen LogP contribution is -2.47. The number of aryl methyl sites for hydroxylation is 1. The van der Waals surface area contributed by atoms with Gasteiger partial charge in [0.1, 0.15) is 0 Å². The molecule has 0 bridgehead atoms. The third-order valence-corrected chi connectivity index (χ3v) is 3.31. The van der Waals surface area contributed by atoms with Crippen LogP contribution in [0.5, 0.6) is 0 Å². The lowest BCUT2D eigenvalue weighted by molar-refractivity contribution is 0.0849. The highest BCUT2D eigenvalue weighted by Crippen LogP contribution is 2.26. The van der Waals surface area contributed by atoms with E-state index in [1.165, 1.54) is 0 Å². The molecule has 1 unspecified atom stereocenters. The van der Waals surface area contributed by atoms with E-state index in [0.29, 0.717) is 5.82 Å². The number of nitrogens with one attached hydrogen (secondary N) is 1. The van der Waals surface area contributed by atoms with Crippen LogP contribution >= 0.6 is 0 Å². The molecule has 1 atom stereocenters. The number of rotatable bonds is 3. The molecule has 1 aliphatic rings. The average molecular weight is 207 g/mol. The van der Waals surface area contributed by atoms with E-state index < -0.39 is 0 Å². The maximum Gasteiger partial charge on any atom is 0.218 e. The largest absolute Gasteiger partial charge is 0.332 e. The summed E-state index contributed by atoms with van der Waals surface area (Å²) in [7, 11) is 1.86. The van der Waals surface area contributed by atoms with Crippen LogP contribution in [0, 0.1) is 0 Å². The summed E-state index contributed by atoms with van der Waals surface area (Å²) >= 11 is 0. The first-order chi connectivity index (χ1) is 7.19. The fourth-order valence-corrected chi connectivity index (χ4v) is 2.26. The van der Waals surface area contributed by atoms with E-state index in [4.69, 9.17) is 0 Å². The minimum absolute atomic E-state index is 0.134. The Labute approximate surface area is 89.7 Å². The number of nitrogens with zero attached hydrogens (tertiary/aromatic N) is 2. The summed E-state index contributed by atoms with van der Waals surface area (Å²) in [5.41, 5.74) is -0.362. The fourth-order valence-electron chi connectivity index (χ4n) is 2.26. The van der Waals surface area contributed by atoms with E-state index in [1.54, 1.807) is 10.8 Å². The standard InChI is InChI=1S/C11H17N3O/c1-3-11(5-4-6-13-11)9(15)10-12-7-8-14(10)2/h7-8,13H,3-6H2,1-2H3. The zero-order chi connectivity index (χ0) is 10.9. The Kier molecular flexibility index (Phi) is 2.61. The van der Waals surface area contributed by atoms with Gasteiger partial charge in [0.15, 0.2) is 5.82 Å². The lowest BCUT2D eigenvalue weighted by Gasteiger charge is -2.25. The van der Waals surface area contributed by atoms with Crippen LogP contribution < -0.4 is 5.32 Å². The van der Waals surface area contributed by atoms with Crippen LogP contribution in [0.1, 0.15) is 36.8 Å². The fraction of sp³-hybridized carbons (Fsp3) is 0.636. The van der Waals surface area contributed by atoms with Gasteiger partial charge in [-0.2, -0.15) is 0 Å². The van der Waals surface area contributed by atoms with E-state index in [2.05, 4.69) is 17.2 Å². The second kappa shape index (κ2) is 3.77. The van der Waals surface area contributed by atoms with Crippen molar-refractivity contribution in [2.45, 2.75) is 31.7 Å². The smallest absolute Gasteiger partial charge is 0.218 e. The second-order valence-electron chi connectivity index (χ2n) is 4.16. The molecule has 82 valence electrons. The zero-order valence-corrected chi connectivity index (χ0v) is 9.29. The van der Waals surface area contributed by atoms with Gasteiger partial charge in [-0.3, -0.25) is 4.79 Å². The van der Waals surface area contributed by atoms with Crippen molar-refractivity contribution in [2.24, 2.45) is 7.05 Å². The van der Waals surface area contributed by atoms with Gasteiger partial charge in [-0.1, -0.05) is 6.92 Å². The SMILES string of the molecule is CCC1(C(=O)c2nccn2C)CCCN1. The summed E-state index contributed by atoms with van der Waals surface area (Å²) in [6.07, 6.45) is 6.31. The van der Waals surface area contributed by atoms with Crippen LogP contribution in [-0.2, 0) is 7.05 Å². The van der Waals surface area contributed by atoms with Gasteiger partial charge >= 0.3 is 0 Å². The molecule has 15 heavy (non-hydrogen) atoms. The molecule has 0 amide bonds. The van der Waals surface area contributed by atoms with E-state index in [0.717, 1.165) is 25.8 Å². The quantitative estimate of drug-likeness (QED) is 0.756. The van der Waals surface area contributed by atoms with Crippen molar-refractivity contribution in [3.05, 3.63) is 18.2 Å². The highest BCUT2D eigenvalue weighted by Gasteiger charge is 2.41. The molecule has 4 heteroatoms. The van der Waals surface area contributed by atoms with Gasteiger partial charge in [0, 0.05) is 19.4 Å². The van der Waals surface area contributed by atoms with E-state index in [-0.39, 0.29) is 11.3 Å². The van der Waals surface area contributed by atoms with E-state index in [9.17, 15) is 4.79 Å². The van der Waals surface area contributed by atoms with Crippen LogP contribution in [0.3, 0.4) is 0 Å². The molecule has 1 saturated heterocycles. The van der Waals surface area contributed by atoms with Crippen LogP contribution in [0.4, 0.5) is 0 Å². The summed E-state index contributed by atoms with van der Waals surface area (Å²) in [6.45, 7) is 2.99. The lowest BCUT2D eigenvalue weighted by atomic mass is 9.88. The Bertz CT molecular complexity index is 364. The maximum absolute atomic E-state index is 12.3. The number of ketones is 1. The molecule has 2 heterocycles. The highest BCUT2D eigenvalue weighted by atomic mass is 16.1. The molecule has 4 nitrogen and oxygen atoms in total. The van der Waals surface area contributed by atoms with Crippen molar-refractivity contribution < 1.29 is 4.79 Å². The molecule has 0 aliphatic carbocycles. The number of Topliss-reactive ketones (excluding diaryl/α,β-unsaturated/α-hetero) is 1. The second-order valence-corrected chi connectivity index (χ2v) is 4.16. The minimum Gasteiger partial charge on any atom is -0.332 e. The Morgan fingerprint density at radius 3 is 3.00 bits per heavy atom. The van der Waals surface area contributed by atoms with Crippen molar-refractivity contribution >= 4 is 5.78 Å². The average Bonchev–Trinajstić information content (AvgIpc) is 2.86. The molecule has 1 aliphatic heterocycles. The first kappa shape index (κ1) is 10.4. The first-order valence-electron chi connectivity index (χ1n) is 5.47. The molecule has 2 rings (SSSR count). The topological polar surface area (TPSA) is 46.9 Å². The molecule has 0 saturated carbocycles. The van der Waals surface area contributed by atoms with Crippen LogP contribution in [0.2, 0.25) is 0 Å². The van der Waals surface area contributed by atoms with Crippen LogP contribution in [0.15, 0.2) is 12.4 Å². The monoisotopic (exact) mass is 207 g/mol. The first-order valence-corrected chi connectivity index (χ1v) is 5.47. The van der Waals surface area contributed by atoms with Gasteiger partial charge < -0.3 is 9.88 Å². The number of carbonyl (C=O) groups is 1. The Hall–Kier alpha value is -1.16. The Balaban J connectivity index is 2.30. The van der Waals surface area contributed by atoms with Crippen molar-refractivity contribution in [1.29, 1.82) is 0 Å². The van der Waals surface area contributed by atoms with Gasteiger partial charge in [0.2, 0.25) is 5.78 Å². The number of hydrogen-bond donors (Lipinski definition) is 1. The Morgan fingerprint density at radius 2 is 2.53 bits per heavy atom. The molecule has 1 fully saturated rings. The van der Waals surface area contributed by atoms with Gasteiger partial charge in [-0.15, -0.1) is 0 Å². The number of carbonyl (C=O) groups excluding carboxylic acids is 1. The molecule has 0 radical (unpaired) electrons. The molecular formula is C11H17N3O. The number of hydrogen-bond acceptors (Lipinski definition) is 3. The van der Waals surface area contributed by atoms with Crippen molar-refractivity contribution in [3.63, 3.8) is 0 Å². The molecule has 1 aromatic heterocycles. The van der Waals surface area contributed by atoms with Gasteiger partial charge in [0.05, 0.1) is 5.54 Å². The van der Waals surface area contributed by atoms with Crippen molar-refractivity contribution in [2.75, 3.05) is 6.54 Å². The highest BCUT2D eigenvalue weighted by molar-refractivity contribution is 6.00. The van der Waals surface area contributed by atoms with Crippen molar-refractivity contribution in [3.8, 4) is 0 Å². The number of aromatic nitrogens is 2. The van der Waals surface area contributed by atoms with Gasteiger partial charge in [0.25, 0.3) is 0 Å². The molecule has 1 aromatic rings. The third kappa shape index (κ3) is 1.59. The summed E-state index contributed by atoms with van der Waals surface area (Å²) in [5.74, 6) is 0.696. The summed E-state index contributed by atoms with van der Waals surface area (Å²) < 4.78 is 1.79. The minimum atomic E-state index is -0.362. The normalized spacial score (nSPS) is 25.7. The summed E-state index contributed by atoms with van der Waals surface area (Å²) in [5, 5.41) is 3.33. The molecule has 0 spiro atoms. The van der Waals surface area contributed by atoms with E-state index >= 15 is 0 Å². The predicted octanol–water partition coefficient (Wildman–Crippen LogP) is 1.13. The Morgan fingerprint density at radius 1 is 1.73 bits per heavy atom. The molecular weight excluding hydrogens is 190 g/mol. The summed E-state index contributed by atoms with van der Waals surface area (Å²) in [6, 6.07) is 0. The maximum atomic E-state index is 12.3. The summed E-state index contributed by atoms with van der Waals surface area (Å²) in [4.78, 5) is 16.5. The van der Waals surface area contributed by atoms with Crippen LogP contribution in [-0.4, -0.2) is 27.4 Å². The van der Waals surface area contributed by atoms with Gasteiger partial charge in [-0.25, -0.2) is 4.98 Å². The molecule has 0 aromatic carbocycles. The van der Waals surface area contributed by atoms with E-state index in [1.807, 2.05) is 13.2 Å². The van der Waals surface area contributed by atoms with Crippen molar-refractivity contribution in [1.82, 2.24) is 14.9 Å².